The first kappa shape index (κ1) is 16.1. The van der Waals surface area contributed by atoms with Crippen LogP contribution in [0.1, 0.15) is 45.9 Å². The lowest BCUT2D eigenvalue weighted by atomic mass is 10.0. The number of hydrogen-bond acceptors (Lipinski definition) is 4. The Balaban J connectivity index is 1.67. The standard InChI is InChI=1S/C18H27N5/c1-13(2)22-8-6-15(12-22)9-16-10-20-17(11-19-16)18-5-7-21-23(18)14(3)4/h5,7,10-11,13-15H,6,8-9,12H2,1-4H3/t15-/m0/s1. The molecule has 1 aliphatic rings. The van der Waals surface area contributed by atoms with E-state index < -0.39 is 0 Å². The first-order chi connectivity index (χ1) is 11.0. The second-order valence-corrected chi connectivity index (χ2v) is 7.10. The Morgan fingerprint density at radius 3 is 2.57 bits per heavy atom. The number of nitrogens with zero attached hydrogens (tertiary/aromatic N) is 5. The molecule has 23 heavy (non-hydrogen) atoms. The SMILES string of the molecule is CC(C)N1CC[C@@H](Cc2cnc(-c3ccnn3C(C)C)cn2)C1. The summed E-state index contributed by atoms with van der Waals surface area (Å²) < 4.78 is 1.99. The van der Waals surface area contributed by atoms with Crippen molar-refractivity contribution in [1.29, 1.82) is 0 Å². The Morgan fingerprint density at radius 2 is 1.96 bits per heavy atom. The molecular weight excluding hydrogens is 286 g/mol. The minimum atomic E-state index is 0.321. The first-order valence-corrected chi connectivity index (χ1v) is 8.63. The van der Waals surface area contributed by atoms with Crippen LogP contribution in [0.4, 0.5) is 0 Å². The third-order valence-electron chi connectivity index (χ3n) is 4.67. The lowest BCUT2D eigenvalue weighted by molar-refractivity contribution is 0.264. The molecule has 0 bridgehead atoms. The lowest BCUT2D eigenvalue weighted by Crippen LogP contribution is -2.28. The Bertz CT molecular complexity index is 629. The topological polar surface area (TPSA) is 46.8 Å². The van der Waals surface area contributed by atoms with Gasteiger partial charge in [-0.25, -0.2) is 0 Å². The summed E-state index contributed by atoms with van der Waals surface area (Å²) in [6.45, 7) is 11.2. The minimum Gasteiger partial charge on any atom is -0.301 e. The summed E-state index contributed by atoms with van der Waals surface area (Å²) in [5, 5.41) is 4.37. The van der Waals surface area contributed by atoms with Crippen molar-refractivity contribution in [3.8, 4) is 11.4 Å². The van der Waals surface area contributed by atoms with Crippen LogP contribution in [0.5, 0.6) is 0 Å². The molecule has 0 aliphatic carbocycles. The molecule has 2 aromatic heterocycles. The van der Waals surface area contributed by atoms with Crippen LogP contribution in [0.3, 0.4) is 0 Å². The average Bonchev–Trinajstić information content (AvgIpc) is 3.17. The maximum absolute atomic E-state index is 4.65. The van der Waals surface area contributed by atoms with E-state index in [0.29, 0.717) is 18.0 Å². The summed E-state index contributed by atoms with van der Waals surface area (Å²) in [7, 11) is 0. The van der Waals surface area contributed by atoms with E-state index in [1.165, 1.54) is 19.5 Å². The summed E-state index contributed by atoms with van der Waals surface area (Å²) in [6, 6.07) is 2.97. The molecule has 5 heteroatoms. The molecule has 0 aromatic carbocycles. The van der Waals surface area contributed by atoms with Crippen molar-refractivity contribution in [2.24, 2.45) is 5.92 Å². The van der Waals surface area contributed by atoms with Crippen LogP contribution in [0.15, 0.2) is 24.7 Å². The Kier molecular flexibility index (Phi) is 4.76. The molecule has 0 N–H and O–H groups in total. The van der Waals surface area contributed by atoms with Gasteiger partial charge in [-0.05, 0) is 59.1 Å². The highest BCUT2D eigenvalue weighted by atomic mass is 15.3. The molecule has 3 heterocycles. The summed E-state index contributed by atoms with van der Waals surface area (Å²) >= 11 is 0. The summed E-state index contributed by atoms with van der Waals surface area (Å²) in [5.41, 5.74) is 3.03. The molecule has 5 nitrogen and oxygen atoms in total. The fourth-order valence-electron chi connectivity index (χ4n) is 3.32. The molecule has 0 spiro atoms. The zero-order valence-corrected chi connectivity index (χ0v) is 14.6. The summed E-state index contributed by atoms with van der Waals surface area (Å²) in [6.07, 6.45) is 7.94. The lowest BCUT2D eigenvalue weighted by Gasteiger charge is -2.20. The van der Waals surface area contributed by atoms with E-state index in [-0.39, 0.29) is 0 Å². The van der Waals surface area contributed by atoms with E-state index in [1.807, 2.05) is 29.3 Å². The highest BCUT2D eigenvalue weighted by Crippen LogP contribution is 2.23. The van der Waals surface area contributed by atoms with Crippen molar-refractivity contribution in [1.82, 2.24) is 24.6 Å². The zero-order chi connectivity index (χ0) is 16.4. The molecule has 0 amide bonds. The quantitative estimate of drug-likeness (QED) is 0.850. The van der Waals surface area contributed by atoms with Crippen molar-refractivity contribution in [2.75, 3.05) is 13.1 Å². The molecule has 0 unspecified atom stereocenters. The number of likely N-dealkylation sites (tertiary alicyclic amines) is 1. The molecule has 2 aromatic rings. The van der Waals surface area contributed by atoms with Gasteiger partial charge in [-0.1, -0.05) is 0 Å². The van der Waals surface area contributed by atoms with Gasteiger partial charge in [0.2, 0.25) is 0 Å². The zero-order valence-electron chi connectivity index (χ0n) is 14.6. The fourth-order valence-corrected chi connectivity index (χ4v) is 3.32. The number of rotatable bonds is 5. The predicted molar refractivity (Wildman–Crippen MR) is 92.2 cm³/mol. The van der Waals surface area contributed by atoms with Crippen molar-refractivity contribution in [3.05, 3.63) is 30.4 Å². The molecule has 0 radical (unpaired) electrons. The number of aromatic nitrogens is 4. The van der Waals surface area contributed by atoms with Gasteiger partial charge in [0, 0.05) is 31.0 Å². The minimum absolute atomic E-state index is 0.321. The van der Waals surface area contributed by atoms with Gasteiger partial charge in [-0.3, -0.25) is 14.6 Å². The molecule has 1 atom stereocenters. The van der Waals surface area contributed by atoms with Gasteiger partial charge < -0.3 is 4.90 Å². The highest BCUT2D eigenvalue weighted by molar-refractivity contribution is 5.52. The smallest absolute Gasteiger partial charge is 0.107 e. The Labute approximate surface area is 138 Å². The van der Waals surface area contributed by atoms with Crippen LogP contribution < -0.4 is 0 Å². The molecule has 1 fully saturated rings. The van der Waals surface area contributed by atoms with Gasteiger partial charge in [-0.2, -0.15) is 5.10 Å². The molecule has 3 rings (SSSR count). The maximum Gasteiger partial charge on any atom is 0.107 e. The highest BCUT2D eigenvalue weighted by Gasteiger charge is 2.24. The normalized spacial score (nSPS) is 19.1. The van der Waals surface area contributed by atoms with Crippen LogP contribution in [0.2, 0.25) is 0 Å². The number of hydrogen-bond donors (Lipinski definition) is 0. The van der Waals surface area contributed by atoms with Gasteiger partial charge >= 0.3 is 0 Å². The van der Waals surface area contributed by atoms with E-state index in [9.17, 15) is 0 Å². The van der Waals surface area contributed by atoms with E-state index in [1.54, 1.807) is 0 Å². The largest absolute Gasteiger partial charge is 0.301 e. The van der Waals surface area contributed by atoms with Gasteiger partial charge in [0.1, 0.15) is 5.69 Å². The van der Waals surface area contributed by atoms with Crippen LogP contribution in [-0.4, -0.2) is 43.8 Å². The molecule has 1 aliphatic heterocycles. The molecular formula is C18H27N5. The van der Waals surface area contributed by atoms with E-state index in [0.717, 1.165) is 23.5 Å². The average molecular weight is 313 g/mol. The van der Waals surface area contributed by atoms with Gasteiger partial charge in [-0.15, -0.1) is 0 Å². The van der Waals surface area contributed by atoms with E-state index in [4.69, 9.17) is 0 Å². The van der Waals surface area contributed by atoms with Crippen molar-refractivity contribution >= 4 is 0 Å². The van der Waals surface area contributed by atoms with E-state index >= 15 is 0 Å². The van der Waals surface area contributed by atoms with Gasteiger partial charge in [0.25, 0.3) is 0 Å². The second kappa shape index (κ2) is 6.79. The van der Waals surface area contributed by atoms with Crippen LogP contribution in [-0.2, 0) is 6.42 Å². The van der Waals surface area contributed by atoms with Gasteiger partial charge in [0.05, 0.1) is 17.6 Å². The Morgan fingerprint density at radius 1 is 1.13 bits per heavy atom. The summed E-state index contributed by atoms with van der Waals surface area (Å²) in [4.78, 5) is 11.8. The monoisotopic (exact) mass is 313 g/mol. The first-order valence-electron chi connectivity index (χ1n) is 8.63. The maximum atomic E-state index is 4.65. The van der Waals surface area contributed by atoms with Crippen LogP contribution in [0.25, 0.3) is 11.4 Å². The van der Waals surface area contributed by atoms with Crippen LogP contribution >= 0.6 is 0 Å². The second-order valence-electron chi connectivity index (χ2n) is 7.10. The fraction of sp³-hybridized carbons (Fsp3) is 0.611. The third-order valence-corrected chi connectivity index (χ3v) is 4.67. The van der Waals surface area contributed by atoms with Gasteiger partial charge in [0.15, 0.2) is 0 Å². The molecule has 0 saturated carbocycles. The van der Waals surface area contributed by atoms with E-state index in [2.05, 4.69) is 47.7 Å². The van der Waals surface area contributed by atoms with Crippen molar-refractivity contribution in [3.63, 3.8) is 0 Å². The van der Waals surface area contributed by atoms with Crippen molar-refractivity contribution in [2.45, 2.75) is 52.6 Å². The summed E-state index contributed by atoms with van der Waals surface area (Å²) in [5.74, 6) is 0.707. The third kappa shape index (κ3) is 3.61. The predicted octanol–water partition coefficient (Wildman–Crippen LogP) is 3.19. The Hall–Kier alpha value is -1.75. The molecule has 124 valence electrons. The van der Waals surface area contributed by atoms with Crippen LogP contribution in [0, 0.1) is 5.92 Å². The molecule has 1 saturated heterocycles. The van der Waals surface area contributed by atoms with Crippen molar-refractivity contribution < 1.29 is 0 Å².